The molecule has 0 fully saturated rings. The minimum Gasteiger partial charge on any atom is -0.490 e. The van der Waals surface area contributed by atoms with Gasteiger partial charge in [0.25, 0.3) is 0 Å². The average molecular weight is 262 g/mol. The number of aryl methyl sites for hydroxylation is 1. The van der Waals surface area contributed by atoms with Gasteiger partial charge in [-0.3, -0.25) is 4.68 Å². The van der Waals surface area contributed by atoms with E-state index in [1.165, 1.54) is 0 Å². The standard InChI is InChI=1S/C14H18N2O3/c1-3-18-13-6-4-5-12(9-17)14(13)19-10-11-7-15-16(2)8-11/h4-8,17H,3,9-10H2,1-2H3. The van der Waals surface area contributed by atoms with Crippen molar-refractivity contribution < 1.29 is 14.6 Å². The predicted molar refractivity (Wildman–Crippen MR) is 71.1 cm³/mol. The van der Waals surface area contributed by atoms with E-state index in [1.807, 2.05) is 38.4 Å². The number of para-hydroxylation sites is 1. The van der Waals surface area contributed by atoms with Gasteiger partial charge in [0.05, 0.1) is 19.4 Å². The highest BCUT2D eigenvalue weighted by Crippen LogP contribution is 2.32. The highest BCUT2D eigenvalue weighted by Gasteiger charge is 2.11. The summed E-state index contributed by atoms with van der Waals surface area (Å²) in [6, 6.07) is 5.50. The van der Waals surface area contributed by atoms with Crippen molar-refractivity contribution in [2.45, 2.75) is 20.1 Å². The molecule has 0 saturated heterocycles. The molecule has 19 heavy (non-hydrogen) atoms. The molecule has 0 aliphatic carbocycles. The summed E-state index contributed by atoms with van der Waals surface area (Å²) >= 11 is 0. The van der Waals surface area contributed by atoms with Crippen molar-refractivity contribution in [3.05, 3.63) is 41.7 Å². The molecule has 1 aromatic carbocycles. The zero-order chi connectivity index (χ0) is 13.7. The zero-order valence-corrected chi connectivity index (χ0v) is 11.2. The lowest BCUT2D eigenvalue weighted by Gasteiger charge is -2.14. The molecule has 0 bridgehead atoms. The number of hydrogen-bond donors (Lipinski definition) is 1. The molecule has 1 heterocycles. The number of rotatable bonds is 6. The lowest BCUT2D eigenvalue weighted by molar-refractivity contribution is 0.243. The molecule has 0 radical (unpaired) electrons. The molecule has 2 rings (SSSR count). The van der Waals surface area contributed by atoms with Gasteiger partial charge < -0.3 is 14.6 Å². The summed E-state index contributed by atoms with van der Waals surface area (Å²) in [6.45, 7) is 2.78. The fourth-order valence-corrected chi connectivity index (χ4v) is 1.82. The van der Waals surface area contributed by atoms with Gasteiger partial charge in [0.2, 0.25) is 0 Å². The highest BCUT2D eigenvalue weighted by molar-refractivity contribution is 5.46. The van der Waals surface area contributed by atoms with E-state index in [0.29, 0.717) is 24.7 Å². The third-order valence-corrected chi connectivity index (χ3v) is 2.67. The lowest BCUT2D eigenvalue weighted by atomic mass is 10.2. The van der Waals surface area contributed by atoms with E-state index in [4.69, 9.17) is 9.47 Å². The maximum atomic E-state index is 9.36. The average Bonchev–Trinajstić information content (AvgIpc) is 2.83. The van der Waals surface area contributed by atoms with Crippen molar-refractivity contribution in [3.63, 3.8) is 0 Å². The third-order valence-electron chi connectivity index (χ3n) is 2.67. The summed E-state index contributed by atoms with van der Waals surface area (Å²) < 4.78 is 13.0. The van der Waals surface area contributed by atoms with Crippen molar-refractivity contribution in [2.24, 2.45) is 7.05 Å². The Morgan fingerprint density at radius 2 is 2.16 bits per heavy atom. The number of aliphatic hydroxyl groups is 1. The fourth-order valence-electron chi connectivity index (χ4n) is 1.82. The van der Waals surface area contributed by atoms with Crippen molar-refractivity contribution in [1.29, 1.82) is 0 Å². The Labute approximate surface area is 112 Å². The molecule has 5 heteroatoms. The number of aliphatic hydroxyl groups excluding tert-OH is 1. The Morgan fingerprint density at radius 3 is 2.79 bits per heavy atom. The molecule has 1 aromatic heterocycles. The quantitative estimate of drug-likeness (QED) is 0.863. The molecule has 0 aliphatic rings. The Hall–Kier alpha value is -2.01. The van der Waals surface area contributed by atoms with Crippen LogP contribution in [-0.2, 0) is 20.3 Å². The van der Waals surface area contributed by atoms with Crippen molar-refractivity contribution in [3.8, 4) is 11.5 Å². The van der Waals surface area contributed by atoms with Crippen LogP contribution in [0.15, 0.2) is 30.6 Å². The minimum absolute atomic E-state index is 0.0801. The van der Waals surface area contributed by atoms with Crippen molar-refractivity contribution in [1.82, 2.24) is 9.78 Å². The Morgan fingerprint density at radius 1 is 1.32 bits per heavy atom. The molecule has 2 aromatic rings. The van der Waals surface area contributed by atoms with Crippen LogP contribution in [0.3, 0.4) is 0 Å². The first-order valence-corrected chi connectivity index (χ1v) is 6.20. The van der Waals surface area contributed by atoms with Gasteiger partial charge in [-0.25, -0.2) is 0 Å². The second-order valence-electron chi connectivity index (χ2n) is 4.15. The molecule has 0 atom stereocenters. The number of ether oxygens (including phenoxy) is 2. The van der Waals surface area contributed by atoms with Gasteiger partial charge >= 0.3 is 0 Å². The fraction of sp³-hybridized carbons (Fsp3) is 0.357. The first kappa shape index (κ1) is 13.4. The molecule has 102 valence electrons. The maximum Gasteiger partial charge on any atom is 0.167 e. The van der Waals surface area contributed by atoms with Crippen molar-refractivity contribution in [2.75, 3.05) is 6.61 Å². The van der Waals surface area contributed by atoms with Crippen LogP contribution in [0.4, 0.5) is 0 Å². The van der Waals surface area contributed by atoms with E-state index in [1.54, 1.807) is 10.9 Å². The number of benzene rings is 1. The molecule has 0 saturated carbocycles. The van der Waals surface area contributed by atoms with E-state index in [2.05, 4.69) is 5.10 Å². The number of hydrogen-bond acceptors (Lipinski definition) is 4. The molecule has 0 unspecified atom stereocenters. The van der Waals surface area contributed by atoms with Gasteiger partial charge in [-0.1, -0.05) is 12.1 Å². The summed E-state index contributed by atoms with van der Waals surface area (Å²) in [5.74, 6) is 1.24. The summed E-state index contributed by atoms with van der Waals surface area (Å²) in [5, 5.41) is 13.4. The second kappa shape index (κ2) is 6.24. The molecular formula is C14H18N2O3. The number of aromatic nitrogens is 2. The van der Waals surface area contributed by atoms with Crippen LogP contribution >= 0.6 is 0 Å². The monoisotopic (exact) mass is 262 g/mol. The van der Waals surface area contributed by atoms with Gasteiger partial charge in [0.15, 0.2) is 11.5 Å². The zero-order valence-electron chi connectivity index (χ0n) is 11.2. The Balaban J connectivity index is 2.17. The van der Waals surface area contributed by atoms with Crippen LogP contribution in [-0.4, -0.2) is 21.5 Å². The van der Waals surface area contributed by atoms with Gasteiger partial charge in [-0.05, 0) is 13.0 Å². The smallest absolute Gasteiger partial charge is 0.167 e. The van der Waals surface area contributed by atoms with Crippen LogP contribution in [0.5, 0.6) is 11.5 Å². The molecular weight excluding hydrogens is 244 g/mol. The van der Waals surface area contributed by atoms with E-state index in [-0.39, 0.29) is 6.61 Å². The minimum atomic E-state index is -0.0801. The summed E-state index contributed by atoms with van der Waals surface area (Å²) in [7, 11) is 1.86. The number of nitrogens with zero attached hydrogens (tertiary/aromatic N) is 2. The van der Waals surface area contributed by atoms with E-state index >= 15 is 0 Å². The SMILES string of the molecule is CCOc1cccc(CO)c1OCc1cnn(C)c1. The topological polar surface area (TPSA) is 56.5 Å². The first-order valence-electron chi connectivity index (χ1n) is 6.20. The van der Waals surface area contributed by atoms with Crippen molar-refractivity contribution >= 4 is 0 Å². The molecule has 0 spiro atoms. The summed E-state index contributed by atoms with van der Waals surface area (Å²) in [6.07, 6.45) is 3.64. The molecule has 0 aliphatic heterocycles. The van der Waals surface area contributed by atoms with E-state index in [9.17, 15) is 5.11 Å². The maximum absolute atomic E-state index is 9.36. The van der Waals surface area contributed by atoms with Crippen LogP contribution in [0.1, 0.15) is 18.1 Å². The van der Waals surface area contributed by atoms with Gasteiger partial charge in [-0.15, -0.1) is 0 Å². The Kier molecular flexibility index (Phi) is 4.41. The van der Waals surface area contributed by atoms with Crippen LogP contribution in [0.2, 0.25) is 0 Å². The Bertz CT molecular complexity index is 537. The largest absolute Gasteiger partial charge is 0.490 e. The van der Waals surface area contributed by atoms with Crippen LogP contribution < -0.4 is 9.47 Å². The van der Waals surface area contributed by atoms with Gasteiger partial charge in [-0.2, -0.15) is 5.10 Å². The van der Waals surface area contributed by atoms with Gasteiger partial charge in [0.1, 0.15) is 6.61 Å². The molecule has 0 amide bonds. The van der Waals surface area contributed by atoms with E-state index in [0.717, 1.165) is 11.1 Å². The lowest BCUT2D eigenvalue weighted by Crippen LogP contribution is -2.02. The normalized spacial score (nSPS) is 10.5. The second-order valence-corrected chi connectivity index (χ2v) is 4.15. The third kappa shape index (κ3) is 3.26. The predicted octanol–water partition coefficient (Wildman–Crippen LogP) is 1.89. The summed E-state index contributed by atoms with van der Waals surface area (Å²) in [4.78, 5) is 0. The van der Waals surface area contributed by atoms with Crippen LogP contribution in [0.25, 0.3) is 0 Å². The summed E-state index contributed by atoms with van der Waals surface area (Å²) in [5.41, 5.74) is 1.69. The highest BCUT2D eigenvalue weighted by atomic mass is 16.5. The van der Waals surface area contributed by atoms with Gasteiger partial charge in [0, 0.05) is 24.4 Å². The van der Waals surface area contributed by atoms with E-state index < -0.39 is 0 Å². The molecule has 1 N–H and O–H groups in total. The van der Waals surface area contributed by atoms with Crippen LogP contribution in [0, 0.1) is 0 Å². The molecule has 5 nitrogen and oxygen atoms in total. The first-order chi connectivity index (χ1) is 9.24.